The van der Waals surface area contributed by atoms with Gasteiger partial charge in [0.2, 0.25) is 0 Å². The van der Waals surface area contributed by atoms with Crippen molar-refractivity contribution in [3.05, 3.63) is 59.2 Å². The van der Waals surface area contributed by atoms with E-state index in [0.29, 0.717) is 0 Å². The van der Waals surface area contributed by atoms with Crippen LogP contribution in [0.3, 0.4) is 0 Å². The molecule has 0 bridgehead atoms. The summed E-state index contributed by atoms with van der Waals surface area (Å²) in [6.45, 7) is 2.51. The van der Waals surface area contributed by atoms with Gasteiger partial charge in [-0.1, -0.05) is 24.3 Å². The molecular weight excluding hydrogens is 306 g/mol. The van der Waals surface area contributed by atoms with Crippen molar-refractivity contribution >= 4 is 22.4 Å². The van der Waals surface area contributed by atoms with Gasteiger partial charge < -0.3 is 5.11 Å². The molecule has 23 heavy (non-hydrogen) atoms. The fraction of sp³-hybridized carbons (Fsp3) is 0.333. The van der Waals surface area contributed by atoms with Gasteiger partial charge in [0.05, 0.1) is 11.6 Å². The zero-order valence-electron chi connectivity index (χ0n) is 12.8. The second-order valence-electron chi connectivity index (χ2n) is 6.25. The lowest BCUT2D eigenvalue weighted by atomic mass is 9.99. The number of β-amino-alcohol motifs (C(OH)–C–C–N with tert-alkyl or cyclic N) is 1. The summed E-state index contributed by atoms with van der Waals surface area (Å²) in [4.78, 5) is 7.04. The number of aliphatic hydroxyl groups is 1. The van der Waals surface area contributed by atoms with Gasteiger partial charge in [0.1, 0.15) is 0 Å². The molecule has 2 aromatic heterocycles. The average molecular weight is 325 g/mol. The number of hydrogen-bond acceptors (Lipinski definition) is 5. The molecule has 0 unspecified atom stereocenters. The molecule has 0 aliphatic carbocycles. The highest BCUT2D eigenvalue weighted by molar-refractivity contribution is 7.03. The smallest absolute Gasteiger partial charge is 0.0711 e. The van der Waals surface area contributed by atoms with E-state index in [0.717, 1.165) is 42.7 Å². The van der Waals surface area contributed by atoms with Gasteiger partial charge in [0.15, 0.2) is 0 Å². The molecule has 4 nitrogen and oxygen atoms in total. The molecule has 1 aliphatic heterocycles. The van der Waals surface area contributed by atoms with E-state index in [4.69, 9.17) is 4.98 Å². The molecule has 0 saturated carbocycles. The van der Waals surface area contributed by atoms with Gasteiger partial charge in [0.25, 0.3) is 0 Å². The van der Waals surface area contributed by atoms with E-state index in [9.17, 15) is 5.11 Å². The quantitative estimate of drug-likeness (QED) is 0.801. The Labute approximate surface area is 139 Å². The van der Waals surface area contributed by atoms with E-state index < -0.39 is 0 Å². The molecule has 5 heteroatoms. The summed E-state index contributed by atoms with van der Waals surface area (Å²) >= 11 is 1.48. The normalized spacial score (nSPS) is 22.0. The van der Waals surface area contributed by atoms with Crippen molar-refractivity contribution in [2.45, 2.75) is 19.1 Å². The molecule has 0 spiro atoms. The minimum atomic E-state index is -0.283. The molecule has 1 N–H and O–H groups in total. The predicted molar refractivity (Wildman–Crippen MR) is 92.3 cm³/mol. The number of pyridine rings is 1. The van der Waals surface area contributed by atoms with Crippen LogP contribution >= 0.6 is 11.5 Å². The van der Waals surface area contributed by atoms with E-state index in [1.165, 1.54) is 17.1 Å². The van der Waals surface area contributed by atoms with Crippen molar-refractivity contribution in [3.63, 3.8) is 0 Å². The number of aliphatic hydroxyl groups excluding tert-OH is 1. The van der Waals surface area contributed by atoms with Crippen LogP contribution in [0.4, 0.5) is 0 Å². The summed E-state index contributed by atoms with van der Waals surface area (Å²) in [7, 11) is 0. The first-order chi connectivity index (χ1) is 11.3. The van der Waals surface area contributed by atoms with Crippen LogP contribution in [0.5, 0.6) is 0 Å². The van der Waals surface area contributed by atoms with E-state index >= 15 is 0 Å². The number of para-hydroxylation sites is 1. The van der Waals surface area contributed by atoms with Crippen LogP contribution in [-0.4, -0.2) is 38.6 Å². The lowest BCUT2D eigenvalue weighted by Crippen LogP contribution is -2.21. The molecule has 1 aromatic carbocycles. The first-order valence-electron chi connectivity index (χ1n) is 7.91. The van der Waals surface area contributed by atoms with E-state index in [1.54, 1.807) is 0 Å². The Morgan fingerprint density at radius 3 is 2.96 bits per heavy atom. The summed E-state index contributed by atoms with van der Waals surface area (Å²) in [6, 6.07) is 12.4. The average Bonchev–Trinajstić information content (AvgIpc) is 3.18. The fourth-order valence-electron chi connectivity index (χ4n) is 3.32. The lowest BCUT2D eigenvalue weighted by Gasteiger charge is -2.14. The minimum Gasteiger partial charge on any atom is -0.391 e. The van der Waals surface area contributed by atoms with Gasteiger partial charge in [0, 0.05) is 48.2 Å². The van der Waals surface area contributed by atoms with Crippen molar-refractivity contribution in [1.29, 1.82) is 0 Å². The zero-order chi connectivity index (χ0) is 15.6. The SMILES string of the molecule is O[C@@H]1CN(Cc2cnsc2)C[C@H]1Cc1ccc2ccccc2n1. The monoisotopic (exact) mass is 325 g/mol. The summed E-state index contributed by atoms with van der Waals surface area (Å²) in [5.74, 6) is 0.246. The van der Waals surface area contributed by atoms with E-state index in [2.05, 4.69) is 32.9 Å². The maximum absolute atomic E-state index is 10.4. The second kappa shape index (κ2) is 6.35. The van der Waals surface area contributed by atoms with Crippen LogP contribution in [0, 0.1) is 5.92 Å². The molecule has 1 fully saturated rings. The van der Waals surface area contributed by atoms with Crippen molar-refractivity contribution < 1.29 is 5.11 Å². The molecule has 0 radical (unpaired) electrons. The van der Waals surface area contributed by atoms with Crippen LogP contribution in [0.2, 0.25) is 0 Å². The molecule has 3 aromatic rings. The Kier molecular flexibility index (Phi) is 4.08. The molecule has 3 heterocycles. The largest absolute Gasteiger partial charge is 0.391 e. The molecule has 1 aliphatic rings. The second-order valence-corrected chi connectivity index (χ2v) is 6.91. The number of hydrogen-bond donors (Lipinski definition) is 1. The Morgan fingerprint density at radius 2 is 2.09 bits per heavy atom. The van der Waals surface area contributed by atoms with E-state index in [1.807, 2.05) is 24.4 Å². The van der Waals surface area contributed by atoms with Crippen LogP contribution in [0.1, 0.15) is 11.3 Å². The molecule has 2 atom stereocenters. The third kappa shape index (κ3) is 3.27. The van der Waals surface area contributed by atoms with Gasteiger partial charge in [-0.05, 0) is 35.6 Å². The molecule has 118 valence electrons. The third-order valence-electron chi connectivity index (χ3n) is 4.50. The first kappa shape index (κ1) is 14.8. The zero-order valence-corrected chi connectivity index (χ0v) is 13.6. The van der Waals surface area contributed by atoms with Gasteiger partial charge in [-0.3, -0.25) is 9.88 Å². The molecular formula is C18H19N3OS. The highest BCUT2D eigenvalue weighted by atomic mass is 32.1. The van der Waals surface area contributed by atoms with Gasteiger partial charge in [-0.25, -0.2) is 4.37 Å². The topological polar surface area (TPSA) is 49.2 Å². The molecule has 4 rings (SSSR count). The van der Waals surface area contributed by atoms with Crippen LogP contribution < -0.4 is 0 Å². The Hall–Kier alpha value is -1.82. The van der Waals surface area contributed by atoms with Gasteiger partial charge >= 0.3 is 0 Å². The number of benzene rings is 1. The summed E-state index contributed by atoms with van der Waals surface area (Å²) in [5.41, 5.74) is 3.32. The number of likely N-dealkylation sites (tertiary alicyclic amines) is 1. The van der Waals surface area contributed by atoms with Crippen molar-refractivity contribution in [1.82, 2.24) is 14.3 Å². The van der Waals surface area contributed by atoms with E-state index in [-0.39, 0.29) is 12.0 Å². The summed E-state index contributed by atoms with van der Waals surface area (Å²) < 4.78 is 4.14. The number of nitrogens with zero attached hydrogens (tertiary/aromatic N) is 3. The number of aromatic nitrogens is 2. The van der Waals surface area contributed by atoms with Crippen molar-refractivity contribution in [3.8, 4) is 0 Å². The third-order valence-corrected chi connectivity index (χ3v) is 5.13. The highest BCUT2D eigenvalue weighted by Gasteiger charge is 2.31. The summed E-state index contributed by atoms with van der Waals surface area (Å²) in [6.07, 6.45) is 2.45. The predicted octanol–water partition coefficient (Wildman–Crippen LogP) is 2.73. The highest BCUT2D eigenvalue weighted by Crippen LogP contribution is 2.23. The maximum Gasteiger partial charge on any atom is 0.0711 e. The van der Waals surface area contributed by atoms with Crippen molar-refractivity contribution in [2.24, 2.45) is 5.92 Å². The van der Waals surface area contributed by atoms with Crippen LogP contribution in [-0.2, 0) is 13.0 Å². The lowest BCUT2D eigenvalue weighted by molar-refractivity contribution is 0.140. The standard InChI is InChI=1S/C18H19N3OS/c22-18-11-21(9-13-8-19-23-12-13)10-15(18)7-16-6-5-14-3-1-2-4-17(14)20-16/h1-6,8,12,15,18,22H,7,9-11H2/t15-,18-/m1/s1. The number of fused-ring (bicyclic) bond motifs is 1. The molecule has 0 amide bonds. The number of rotatable bonds is 4. The Morgan fingerprint density at radius 1 is 1.17 bits per heavy atom. The molecule has 1 saturated heterocycles. The van der Waals surface area contributed by atoms with Crippen LogP contribution in [0.15, 0.2) is 48.0 Å². The maximum atomic E-state index is 10.4. The van der Waals surface area contributed by atoms with Crippen molar-refractivity contribution in [2.75, 3.05) is 13.1 Å². The Bertz CT molecular complexity index is 790. The first-order valence-corrected chi connectivity index (χ1v) is 8.75. The fourth-order valence-corrected chi connectivity index (χ4v) is 3.85. The van der Waals surface area contributed by atoms with Gasteiger partial charge in [-0.15, -0.1) is 0 Å². The minimum absolute atomic E-state index is 0.246. The summed E-state index contributed by atoms with van der Waals surface area (Å²) in [5, 5.41) is 13.6. The Balaban J connectivity index is 1.45. The van der Waals surface area contributed by atoms with Crippen LogP contribution in [0.25, 0.3) is 10.9 Å². The van der Waals surface area contributed by atoms with Gasteiger partial charge in [-0.2, -0.15) is 0 Å².